The van der Waals surface area contributed by atoms with Gasteiger partial charge in [0.1, 0.15) is 5.54 Å². The minimum absolute atomic E-state index is 0.0816. The van der Waals surface area contributed by atoms with E-state index in [-0.39, 0.29) is 11.8 Å². The van der Waals surface area contributed by atoms with Crippen LogP contribution < -0.4 is 5.32 Å². The van der Waals surface area contributed by atoms with Gasteiger partial charge in [-0.3, -0.25) is 9.59 Å². The Kier molecular flexibility index (Phi) is 3.23. The first-order valence-electron chi connectivity index (χ1n) is 8.82. The molecular formula is C17H26N2O2. The standard InChI is InChI=1S/C17H26N2O2/c20-14-8-11-19(15(12-4-5-12)13-6-7-13)16(21)17(18-14)9-2-1-3-10-17/h12-13,15H,1-11H2,(H,18,20). The quantitative estimate of drug-likeness (QED) is 0.866. The summed E-state index contributed by atoms with van der Waals surface area (Å²) in [6.45, 7) is 0.643. The van der Waals surface area contributed by atoms with Crippen molar-refractivity contribution in [1.82, 2.24) is 10.2 Å². The molecule has 116 valence electrons. The molecule has 21 heavy (non-hydrogen) atoms. The van der Waals surface area contributed by atoms with Crippen LogP contribution in [0.25, 0.3) is 0 Å². The summed E-state index contributed by atoms with van der Waals surface area (Å²) in [4.78, 5) is 27.6. The lowest BCUT2D eigenvalue weighted by molar-refractivity contribution is -0.143. The van der Waals surface area contributed by atoms with Gasteiger partial charge in [0.2, 0.25) is 11.8 Å². The Bertz CT molecular complexity index is 436. The number of nitrogens with one attached hydrogen (secondary N) is 1. The fraction of sp³-hybridized carbons (Fsp3) is 0.882. The van der Waals surface area contributed by atoms with Crippen molar-refractivity contribution in [3.63, 3.8) is 0 Å². The molecule has 1 N–H and O–H groups in total. The van der Waals surface area contributed by atoms with E-state index in [1.165, 1.54) is 32.1 Å². The molecule has 1 spiro atoms. The van der Waals surface area contributed by atoms with Gasteiger partial charge in [0.25, 0.3) is 0 Å². The summed E-state index contributed by atoms with van der Waals surface area (Å²) in [5.41, 5.74) is -0.562. The molecule has 0 aromatic rings. The van der Waals surface area contributed by atoms with E-state index in [0.717, 1.165) is 37.5 Å². The first kappa shape index (κ1) is 13.6. The maximum atomic E-state index is 13.3. The molecule has 0 aromatic heterocycles. The molecule has 4 fully saturated rings. The van der Waals surface area contributed by atoms with Crippen LogP contribution in [-0.2, 0) is 9.59 Å². The second-order valence-electron chi connectivity index (χ2n) is 7.60. The van der Waals surface area contributed by atoms with Crippen molar-refractivity contribution in [2.24, 2.45) is 11.8 Å². The van der Waals surface area contributed by atoms with Crippen LogP contribution in [0.5, 0.6) is 0 Å². The predicted molar refractivity (Wildman–Crippen MR) is 79.5 cm³/mol. The fourth-order valence-corrected chi connectivity index (χ4v) is 4.53. The van der Waals surface area contributed by atoms with Crippen LogP contribution in [0.2, 0.25) is 0 Å². The summed E-state index contributed by atoms with van der Waals surface area (Å²) in [6, 6.07) is 0.434. The highest BCUT2D eigenvalue weighted by molar-refractivity contribution is 5.94. The molecule has 4 nitrogen and oxygen atoms in total. The molecule has 3 aliphatic carbocycles. The van der Waals surface area contributed by atoms with Crippen LogP contribution in [0, 0.1) is 11.8 Å². The van der Waals surface area contributed by atoms with E-state index >= 15 is 0 Å². The van der Waals surface area contributed by atoms with E-state index in [1.54, 1.807) is 0 Å². The molecule has 4 heteroatoms. The van der Waals surface area contributed by atoms with Crippen LogP contribution in [0.3, 0.4) is 0 Å². The molecule has 0 bridgehead atoms. The Morgan fingerprint density at radius 3 is 2.19 bits per heavy atom. The van der Waals surface area contributed by atoms with Gasteiger partial charge in [0, 0.05) is 19.0 Å². The van der Waals surface area contributed by atoms with Crippen LogP contribution in [0.4, 0.5) is 0 Å². The number of rotatable bonds is 3. The number of nitrogens with zero attached hydrogens (tertiary/aromatic N) is 1. The molecular weight excluding hydrogens is 264 g/mol. The van der Waals surface area contributed by atoms with Gasteiger partial charge >= 0.3 is 0 Å². The normalized spacial score (nSPS) is 29.7. The van der Waals surface area contributed by atoms with Gasteiger partial charge in [-0.05, 0) is 50.4 Å². The molecule has 0 unspecified atom stereocenters. The lowest BCUT2D eigenvalue weighted by atomic mass is 9.80. The van der Waals surface area contributed by atoms with Crippen molar-refractivity contribution in [2.45, 2.75) is 75.8 Å². The smallest absolute Gasteiger partial charge is 0.248 e. The monoisotopic (exact) mass is 290 g/mol. The van der Waals surface area contributed by atoms with Gasteiger partial charge < -0.3 is 10.2 Å². The Labute approximate surface area is 126 Å². The highest BCUT2D eigenvalue weighted by Gasteiger charge is 2.52. The fourth-order valence-electron chi connectivity index (χ4n) is 4.53. The summed E-state index contributed by atoms with van der Waals surface area (Å²) in [5, 5.41) is 3.12. The van der Waals surface area contributed by atoms with Crippen LogP contribution in [-0.4, -0.2) is 34.8 Å². The second kappa shape index (κ2) is 4.99. The first-order valence-corrected chi connectivity index (χ1v) is 8.82. The number of hydrogen-bond donors (Lipinski definition) is 1. The molecule has 4 aliphatic rings. The third-order valence-corrected chi connectivity index (χ3v) is 5.91. The molecule has 1 aliphatic heterocycles. The van der Waals surface area contributed by atoms with Crippen molar-refractivity contribution in [1.29, 1.82) is 0 Å². The van der Waals surface area contributed by atoms with Gasteiger partial charge in [-0.1, -0.05) is 19.3 Å². The topological polar surface area (TPSA) is 49.4 Å². The molecule has 2 amide bonds. The van der Waals surface area contributed by atoms with Gasteiger partial charge in [-0.25, -0.2) is 0 Å². The third-order valence-electron chi connectivity index (χ3n) is 5.91. The van der Waals surface area contributed by atoms with E-state index in [0.29, 0.717) is 19.0 Å². The Balaban J connectivity index is 1.62. The van der Waals surface area contributed by atoms with Gasteiger partial charge in [-0.2, -0.15) is 0 Å². The minimum atomic E-state index is -0.562. The maximum absolute atomic E-state index is 13.3. The minimum Gasteiger partial charge on any atom is -0.342 e. The van der Waals surface area contributed by atoms with E-state index < -0.39 is 5.54 Å². The number of carbonyl (C=O) groups excluding carboxylic acids is 2. The summed E-state index contributed by atoms with van der Waals surface area (Å²) < 4.78 is 0. The largest absolute Gasteiger partial charge is 0.342 e. The zero-order valence-electron chi connectivity index (χ0n) is 12.8. The van der Waals surface area contributed by atoms with Gasteiger partial charge in [0.15, 0.2) is 0 Å². The summed E-state index contributed by atoms with van der Waals surface area (Å²) >= 11 is 0. The van der Waals surface area contributed by atoms with Crippen LogP contribution in [0.1, 0.15) is 64.2 Å². The van der Waals surface area contributed by atoms with Crippen molar-refractivity contribution in [3.05, 3.63) is 0 Å². The predicted octanol–water partition coefficient (Wildman–Crippen LogP) is 2.23. The van der Waals surface area contributed by atoms with E-state index in [9.17, 15) is 9.59 Å². The third kappa shape index (κ3) is 2.47. The molecule has 1 heterocycles. The Hall–Kier alpha value is -1.06. The maximum Gasteiger partial charge on any atom is 0.248 e. The molecule has 0 atom stereocenters. The first-order chi connectivity index (χ1) is 10.2. The van der Waals surface area contributed by atoms with Gasteiger partial charge in [-0.15, -0.1) is 0 Å². The number of carbonyl (C=O) groups is 2. The van der Waals surface area contributed by atoms with E-state index in [4.69, 9.17) is 0 Å². The average Bonchev–Trinajstić information content (AvgIpc) is 3.36. The highest BCUT2D eigenvalue weighted by Crippen LogP contribution is 2.48. The SMILES string of the molecule is O=C1CCN(C(C2CC2)C2CC2)C(=O)C2(CCCCC2)N1. The van der Waals surface area contributed by atoms with Crippen molar-refractivity contribution >= 4 is 11.8 Å². The summed E-state index contributed by atoms with van der Waals surface area (Å²) in [7, 11) is 0. The summed E-state index contributed by atoms with van der Waals surface area (Å²) in [6.07, 6.45) is 10.6. The Morgan fingerprint density at radius 2 is 1.62 bits per heavy atom. The number of hydrogen-bond acceptors (Lipinski definition) is 2. The van der Waals surface area contributed by atoms with Gasteiger partial charge in [0.05, 0.1) is 0 Å². The van der Waals surface area contributed by atoms with Crippen LogP contribution in [0.15, 0.2) is 0 Å². The number of amides is 2. The molecule has 0 aromatic carbocycles. The zero-order chi connectivity index (χ0) is 14.4. The zero-order valence-corrected chi connectivity index (χ0v) is 12.8. The highest BCUT2D eigenvalue weighted by atomic mass is 16.2. The van der Waals surface area contributed by atoms with Crippen LogP contribution >= 0.6 is 0 Å². The van der Waals surface area contributed by atoms with Crippen molar-refractivity contribution in [3.8, 4) is 0 Å². The van der Waals surface area contributed by atoms with Crippen molar-refractivity contribution < 1.29 is 9.59 Å². The Morgan fingerprint density at radius 1 is 1.00 bits per heavy atom. The van der Waals surface area contributed by atoms with E-state index in [1.807, 2.05) is 0 Å². The average molecular weight is 290 g/mol. The molecule has 3 saturated carbocycles. The second-order valence-corrected chi connectivity index (χ2v) is 7.60. The molecule has 1 saturated heterocycles. The lowest BCUT2D eigenvalue weighted by Crippen LogP contribution is -2.60. The lowest BCUT2D eigenvalue weighted by Gasteiger charge is -2.41. The molecule has 0 radical (unpaired) electrons. The van der Waals surface area contributed by atoms with E-state index in [2.05, 4.69) is 10.2 Å². The van der Waals surface area contributed by atoms with Crippen molar-refractivity contribution in [2.75, 3.05) is 6.54 Å². The summed E-state index contributed by atoms with van der Waals surface area (Å²) in [5.74, 6) is 1.76. The molecule has 4 rings (SSSR count).